The van der Waals surface area contributed by atoms with Gasteiger partial charge in [-0.25, -0.2) is 0 Å². The third-order valence-electron chi connectivity index (χ3n) is 5.85. The van der Waals surface area contributed by atoms with Crippen molar-refractivity contribution in [2.75, 3.05) is 19.6 Å². The van der Waals surface area contributed by atoms with E-state index >= 15 is 0 Å². The minimum absolute atomic E-state index is 0.139. The molecule has 2 aliphatic carbocycles. The molecule has 0 saturated carbocycles. The fraction of sp³-hybridized carbons (Fsp3) is 0.423. The molecule has 1 aliphatic heterocycles. The third-order valence-corrected chi connectivity index (χ3v) is 6.71. The van der Waals surface area contributed by atoms with Crippen LogP contribution in [-0.4, -0.2) is 36.1 Å². The van der Waals surface area contributed by atoms with Gasteiger partial charge in [0.05, 0.1) is 6.42 Å². The topological polar surface area (TPSA) is 38.8 Å². The van der Waals surface area contributed by atoms with E-state index in [9.17, 15) is 4.79 Å². The van der Waals surface area contributed by atoms with Crippen LogP contribution in [0.2, 0.25) is 0 Å². The first-order chi connectivity index (χ1) is 14.7. The first kappa shape index (κ1) is 22.1. The third kappa shape index (κ3) is 5.21. The number of carbonyl (C=O) groups is 1. The molecule has 0 spiro atoms. The summed E-state index contributed by atoms with van der Waals surface area (Å²) in [5, 5.41) is 0. The zero-order valence-corrected chi connectivity index (χ0v) is 20.3. The number of hydrogen-bond donors (Lipinski definition) is 0. The summed E-state index contributed by atoms with van der Waals surface area (Å²) in [7, 11) is 0. The lowest BCUT2D eigenvalue weighted by molar-refractivity contribution is -0.155. The highest BCUT2D eigenvalue weighted by Gasteiger charge is 2.29. The minimum atomic E-state index is -0.438. The largest absolute Gasteiger partial charge is 0.489 e. The second-order valence-corrected chi connectivity index (χ2v) is 10.3. The monoisotopic (exact) mass is 483 g/mol. The number of allylic oxidation sites excluding steroid dienone is 3. The van der Waals surface area contributed by atoms with Crippen molar-refractivity contribution >= 4 is 21.9 Å². The number of esters is 1. The standard InChI is InChI=1S/C26H30BrNO3/c1-17-20(6-5-7-23(17)27)16-30-24-13-21-15-28(11-10-25(29)31-26(2,3)4)14-19-9-8-18(24)12-22(19)21/h5-9,13H,10-12,14-16H2,1-4H3. The van der Waals surface area contributed by atoms with Crippen molar-refractivity contribution in [1.29, 1.82) is 0 Å². The highest BCUT2D eigenvalue weighted by molar-refractivity contribution is 9.10. The van der Waals surface area contributed by atoms with E-state index in [1.165, 1.54) is 33.4 Å². The van der Waals surface area contributed by atoms with E-state index in [4.69, 9.17) is 9.47 Å². The van der Waals surface area contributed by atoms with E-state index in [2.05, 4.69) is 58.1 Å². The molecule has 1 aromatic carbocycles. The summed E-state index contributed by atoms with van der Waals surface area (Å²) in [6.45, 7) is 10.8. The summed E-state index contributed by atoms with van der Waals surface area (Å²) >= 11 is 3.60. The zero-order valence-electron chi connectivity index (χ0n) is 18.8. The normalized spacial score (nSPS) is 18.3. The van der Waals surface area contributed by atoms with Gasteiger partial charge in [0, 0.05) is 30.5 Å². The van der Waals surface area contributed by atoms with Crippen LogP contribution in [0.3, 0.4) is 0 Å². The maximum absolute atomic E-state index is 12.1. The lowest BCUT2D eigenvalue weighted by Crippen LogP contribution is -2.37. The van der Waals surface area contributed by atoms with Crippen molar-refractivity contribution in [3.63, 3.8) is 0 Å². The van der Waals surface area contributed by atoms with Gasteiger partial charge in [-0.3, -0.25) is 9.69 Å². The van der Waals surface area contributed by atoms with Crippen LogP contribution in [0.15, 0.2) is 69.0 Å². The molecule has 1 heterocycles. The summed E-state index contributed by atoms with van der Waals surface area (Å²) in [5.74, 6) is 0.821. The Kier molecular flexibility index (Phi) is 6.27. The quantitative estimate of drug-likeness (QED) is 0.481. The van der Waals surface area contributed by atoms with Crippen molar-refractivity contribution in [3.8, 4) is 0 Å². The van der Waals surface area contributed by atoms with Gasteiger partial charge in [-0.15, -0.1) is 0 Å². The first-order valence-electron chi connectivity index (χ1n) is 10.8. The summed E-state index contributed by atoms with van der Waals surface area (Å²) in [5.41, 5.74) is 7.29. The first-order valence-corrected chi connectivity index (χ1v) is 11.6. The van der Waals surface area contributed by atoms with Crippen molar-refractivity contribution in [2.24, 2.45) is 0 Å². The molecule has 0 atom stereocenters. The number of ether oxygens (including phenoxy) is 2. The molecular formula is C26H30BrNO3. The van der Waals surface area contributed by atoms with E-state index in [1.807, 2.05) is 26.8 Å². The van der Waals surface area contributed by atoms with Gasteiger partial charge in [-0.2, -0.15) is 0 Å². The smallest absolute Gasteiger partial charge is 0.307 e. The van der Waals surface area contributed by atoms with Crippen LogP contribution in [-0.2, 0) is 20.9 Å². The van der Waals surface area contributed by atoms with Crippen LogP contribution < -0.4 is 0 Å². The summed E-state index contributed by atoms with van der Waals surface area (Å²) < 4.78 is 12.9. The number of nitrogens with zero attached hydrogens (tertiary/aromatic N) is 1. The van der Waals surface area contributed by atoms with Crippen molar-refractivity contribution in [3.05, 3.63) is 80.1 Å². The molecule has 4 rings (SSSR count). The Morgan fingerprint density at radius 2 is 1.94 bits per heavy atom. The van der Waals surface area contributed by atoms with Gasteiger partial charge in [0.1, 0.15) is 18.0 Å². The van der Waals surface area contributed by atoms with Crippen LogP contribution in [0.25, 0.3) is 0 Å². The Hall–Kier alpha value is -2.11. The maximum Gasteiger partial charge on any atom is 0.307 e. The van der Waals surface area contributed by atoms with Gasteiger partial charge in [-0.1, -0.05) is 40.2 Å². The average Bonchev–Trinajstić information content (AvgIpc) is 2.71. The highest BCUT2D eigenvalue weighted by Crippen LogP contribution is 2.39. The Balaban J connectivity index is 1.44. The molecule has 0 N–H and O–H groups in total. The van der Waals surface area contributed by atoms with Gasteiger partial charge in [0.25, 0.3) is 0 Å². The summed E-state index contributed by atoms with van der Waals surface area (Å²) in [6, 6.07) is 6.21. The second-order valence-electron chi connectivity index (χ2n) is 9.43. The molecular weight excluding hydrogens is 454 g/mol. The van der Waals surface area contributed by atoms with Crippen molar-refractivity contribution in [1.82, 2.24) is 4.90 Å². The average molecular weight is 484 g/mol. The number of hydrogen-bond acceptors (Lipinski definition) is 4. The van der Waals surface area contributed by atoms with Crippen LogP contribution in [0.4, 0.5) is 0 Å². The highest BCUT2D eigenvalue weighted by atomic mass is 79.9. The second kappa shape index (κ2) is 8.79. The molecule has 3 aliphatic rings. The van der Waals surface area contributed by atoms with Crippen molar-refractivity contribution in [2.45, 2.75) is 52.7 Å². The van der Waals surface area contributed by atoms with E-state index in [1.54, 1.807) is 0 Å². The number of carbonyl (C=O) groups excluding carboxylic acids is 1. The molecule has 4 nitrogen and oxygen atoms in total. The fourth-order valence-electron chi connectivity index (χ4n) is 4.22. The fourth-order valence-corrected chi connectivity index (χ4v) is 4.62. The Bertz CT molecular complexity index is 1020. The zero-order chi connectivity index (χ0) is 22.2. The predicted molar refractivity (Wildman–Crippen MR) is 126 cm³/mol. The van der Waals surface area contributed by atoms with Gasteiger partial charge >= 0.3 is 5.97 Å². The molecule has 0 radical (unpaired) electrons. The number of benzene rings is 1. The Morgan fingerprint density at radius 1 is 1.16 bits per heavy atom. The molecule has 0 aromatic heterocycles. The van der Waals surface area contributed by atoms with Gasteiger partial charge in [0.2, 0.25) is 0 Å². The van der Waals surface area contributed by atoms with Crippen LogP contribution in [0, 0.1) is 6.92 Å². The minimum Gasteiger partial charge on any atom is -0.489 e. The maximum atomic E-state index is 12.1. The van der Waals surface area contributed by atoms with E-state index in [0.717, 1.165) is 29.7 Å². The van der Waals surface area contributed by atoms with Gasteiger partial charge < -0.3 is 9.47 Å². The molecule has 1 aromatic rings. The summed E-state index contributed by atoms with van der Waals surface area (Å²) in [6.07, 6.45) is 7.94. The molecule has 0 fully saturated rings. The molecule has 0 saturated heterocycles. The van der Waals surface area contributed by atoms with Crippen molar-refractivity contribution < 1.29 is 14.3 Å². The lowest BCUT2D eigenvalue weighted by Gasteiger charge is -2.36. The SMILES string of the molecule is Cc1c(Br)cccc1COC1=C2C=CC3=C(C2)C(=C1)CN(CCC(=O)OC(C)(C)C)C3. The molecule has 164 valence electrons. The number of halogens is 1. The number of fused-ring (bicyclic) bond motifs is 1. The lowest BCUT2D eigenvalue weighted by atomic mass is 9.81. The summed E-state index contributed by atoms with van der Waals surface area (Å²) in [4.78, 5) is 14.5. The molecule has 31 heavy (non-hydrogen) atoms. The Morgan fingerprint density at radius 3 is 2.71 bits per heavy atom. The van der Waals surface area contributed by atoms with Crippen LogP contribution in [0.1, 0.15) is 44.7 Å². The number of rotatable bonds is 6. The molecule has 5 heteroatoms. The van der Waals surface area contributed by atoms with Crippen LogP contribution in [0.5, 0.6) is 0 Å². The molecule has 0 amide bonds. The van der Waals surface area contributed by atoms with Crippen LogP contribution >= 0.6 is 15.9 Å². The van der Waals surface area contributed by atoms with E-state index in [-0.39, 0.29) is 5.97 Å². The van der Waals surface area contributed by atoms with Gasteiger partial charge in [-0.05, 0) is 73.3 Å². The molecule has 0 unspecified atom stereocenters. The molecule has 2 bridgehead atoms. The van der Waals surface area contributed by atoms with Gasteiger partial charge in [0.15, 0.2) is 0 Å². The van der Waals surface area contributed by atoms with E-state index in [0.29, 0.717) is 19.6 Å². The van der Waals surface area contributed by atoms with E-state index < -0.39 is 5.60 Å². The predicted octanol–water partition coefficient (Wildman–Crippen LogP) is 5.77. The Labute approximate surface area is 193 Å².